The summed E-state index contributed by atoms with van der Waals surface area (Å²) in [6.45, 7) is 1.92. The molecule has 0 heterocycles. The lowest BCUT2D eigenvalue weighted by Gasteiger charge is -2.12. The molecular weight excluding hydrogens is 284 g/mol. The monoisotopic (exact) mass is 300 g/mol. The van der Waals surface area contributed by atoms with Gasteiger partial charge in [-0.2, -0.15) is 0 Å². The Morgan fingerprint density at radius 2 is 2.05 bits per heavy atom. The van der Waals surface area contributed by atoms with Crippen molar-refractivity contribution in [1.82, 2.24) is 5.32 Å². The van der Waals surface area contributed by atoms with Gasteiger partial charge in [0.25, 0.3) is 0 Å². The maximum absolute atomic E-state index is 11.6. The lowest BCUT2D eigenvalue weighted by Crippen LogP contribution is -2.35. The molecule has 20 heavy (non-hydrogen) atoms. The van der Waals surface area contributed by atoms with Crippen molar-refractivity contribution in [2.75, 3.05) is 18.1 Å². The largest absolute Gasteiger partial charge is 0.505 e. The average Bonchev–Trinajstić information content (AvgIpc) is 2.37. The summed E-state index contributed by atoms with van der Waals surface area (Å²) in [5.41, 5.74) is -0.307. The number of carbonyl (C=O) groups excluding carboxylic acids is 1. The van der Waals surface area contributed by atoms with E-state index in [-0.39, 0.29) is 23.0 Å². The second kappa shape index (κ2) is 6.90. The van der Waals surface area contributed by atoms with E-state index >= 15 is 0 Å². The van der Waals surface area contributed by atoms with Crippen LogP contribution in [0.1, 0.15) is 17.3 Å². The van der Waals surface area contributed by atoms with Gasteiger partial charge in [0, 0.05) is 28.9 Å². The normalized spacial score (nSPS) is 13.3. The number of hydrogen-bond donors (Lipinski definition) is 4. The first-order valence-electron chi connectivity index (χ1n) is 5.75. The van der Waals surface area contributed by atoms with Crippen molar-refractivity contribution in [1.29, 1.82) is 0 Å². The van der Waals surface area contributed by atoms with Gasteiger partial charge in [0.2, 0.25) is 0 Å². The van der Waals surface area contributed by atoms with Crippen molar-refractivity contribution in [3.8, 4) is 5.75 Å². The Bertz CT molecular complexity index is 547. The number of para-hydroxylation sites is 1. The molecule has 4 N–H and O–H groups in total. The molecule has 0 radical (unpaired) electrons. The smallest absolute Gasteiger partial charge is 0.339 e. The zero-order valence-corrected chi connectivity index (χ0v) is 11.9. The zero-order valence-electron chi connectivity index (χ0n) is 11.0. The van der Waals surface area contributed by atoms with Crippen molar-refractivity contribution in [3.05, 3.63) is 23.8 Å². The van der Waals surface area contributed by atoms with Crippen molar-refractivity contribution in [2.24, 2.45) is 0 Å². The zero-order chi connectivity index (χ0) is 15.3. The standard InChI is InChI=1S/C12H16N2O5S/c1-7(20(2)19)6-13-12(18)14-9-5-3-4-8(10(9)15)11(16)17/h3-5,7,15H,6H2,1-2H3,(H,16,17)(H2,13,14,18). The van der Waals surface area contributed by atoms with Crippen LogP contribution in [0.15, 0.2) is 18.2 Å². The van der Waals surface area contributed by atoms with Crippen LogP contribution in [0.4, 0.5) is 10.5 Å². The van der Waals surface area contributed by atoms with Gasteiger partial charge >= 0.3 is 12.0 Å². The van der Waals surface area contributed by atoms with Crippen LogP contribution in [0.2, 0.25) is 0 Å². The van der Waals surface area contributed by atoms with E-state index < -0.39 is 28.5 Å². The minimum absolute atomic E-state index is 0.00678. The number of benzene rings is 1. The summed E-state index contributed by atoms with van der Waals surface area (Å²) in [5.74, 6) is -1.80. The van der Waals surface area contributed by atoms with Crippen molar-refractivity contribution in [2.45, 2.75) is 12.2 Å². The fourth-order valence-corrected chi connectivity index (χ4v) is 1.66. The number of aromatic carboxylic acids is 1. The molecule has 8 heteroatoms. The van der Waals surface area contributed by atoms with Crippen LogP contribution >= 0.6 is 0 Å². The number of urea groups is 1. The van der Waals surface area contributed by atoms with Gasteiger partial charge in [-0.25, -0.2) is 9.59 Å². The van der Waals surface area contributed by atoms with Gasteiger partial charge in [0.15, 0.2) is 5.75 Å². The number of rotatable bonds is 5. The molecule has 0 aliphatic heterocycles. The van der Waals surface area contributed by atoms with Gasteiger partial charge in [0.1, 0.15) is 5.56 Å². The Morgan fingerprint density at radius 3 is 2.60 bits per heavy atom. The molecule has 0 bridgehead atoms. The van der Waals surface area contributed by atoms with E-state index in [0.717, 1.165) is 0 Å². The molecule has 0 fully saturated rings. The van der Waals surface area contributed by atoms with Crippen LogP contribution < -0.4 is 10.6 Å². The van der Waals surface area contributed by atoms with Crippen LogP contribution in [0, 0.1) is 0 Å². The third kappa shape index (κ3) is 4.23. The second-order valence-corrected chi connectivity index (χ2v) is 5.95. The first kappa shape index (κ1) is 16.0. The quantitative estimate of drug-likeness (QED) is 0.605. The van der Waals surface area contributed by atoms with Crippen LogP contribution in [-0.2, 0) is 10.8 Å². The highest BCUT2D eigenvalue weighted by atomic mass is 32.2. The first-order chi connectivity index (χ1) is 9.32. The van der Waals surface area contributed by atoms with Gasteiger partial charge in [-0.15, -0.1) is 0 Å². The van der Waals surface area contributed by atoms with Crippen LogP contribution in [0.5, 0.6) is 5.75 Å². The number of aromatic hydroxyl groups is 1. The summed E-state index contributed by atoms with van der Waals surface area (Å²) in [4.78, 5) is 22.4. The fraction of sp³-hybridized carbons (Fsp3) is 0.333. The Labute approximate surface area is 118 Å². The molecule has 2 amide bonds. The van der Waals surface area contributed by atoms with E-state index in [1.54, 1.807) is 6.92 Å². The van der Waals surface area contributed by atoms with E-state index in [0.29, 0.717) is 0 Å². The van der Waals surface area contributed by atoms with Gasteiger partial charge in [0.05, 0.1) is 5.69 Å². The minimum Gasteiger partial charge on any atom is -0.505 e. The van der Waals surface area contributed by atoms with Gasteiger partial charge < -0.3 is 20.8 Å². The SMILES string of the molecule is CC(CNC(=O)Nc1cccc(C(=O)O)c1O)S(C)=O. The first-order valence-corrected chi connectivity index (χ1v) is 7.37. The van der Waals surface area contributed by atoms with Crippen molar-refractivity contribution >= 4 is 28.5 Å². The molecule has 0 aliphatic carbocycles. The highest BCUT2D eigenvalue weighted by Gasteiger charge is 2.15. The molecular formula is C12H16N2O5S. The number of hydrogen-bond acceptors (Lipinski definition) is 4. The third-order valence-electron chi connectivity index (χ3n) is 2.63. The lowest BCUT2D eigenvalue weighted by molar-refractivity contribution is 0.0693. The van der Waals surface area contributed by atoms with Crippen LogP contribution in [-0.4, -0.2) is 44.5 Å². The summed E-state index contributed by atoms with van der Waals surface area (Å²) in [5, 5.41) is 23.2. The Hall–Kier alpha value is -2.09. The van der Waals surface area contributed by atoms with Crippen molar-refractivity contribution in [3.63, 3.8) is 0 Å². The number of anilines is 1. The average molecular weight is 300 g/mol. The third-order valence-corrected chi connectivity index (χ3v) is 3.93. The van der Waals surface area contributed by atoms with E-state index in [4.69, 9.17) is 5.11 Å². The number of nitrogens with one attached hydrogen (secondary N) is 2. The van der Waals surface area contributed by atoms with Crippen molar-refractivity contribution < 1.29 is 24.0 Å². The molecule has 110 valence electrons. The lowest BCUT2D eigenvalue weighted by atomic mass is 10.2. The molecule has 0 saturated carbocycles. The highest BCUT2D eigenvalue weighted by Crippen LogP contribution is 2.27. The summed E-state index contributed by atoms with van der Waals surface area (Å²) in [6, 6.07) is 3.40. The molecule has 2 atom stereocenters. The second-order valence-electron chi connectivity index (χ2n) is 4.15. The topological polar surface area (TPSA) is 116 Å². The fourth-order valence-electron chi connectivity index (χ4n) is 1.34. The predicted octanol–water partition coefficient (Wildman–Crippen LogP) is 0.979. The molecule has 0 aliphatic rings. The number of carboxylic acid groups (broad SMARTS) is 1. The van der Waals surface area contributed by atoms with Gasteiger partial charge in [-0.1, -0.05) is 6.07 Å². The minimum atomic E-state index is -1.29. The van der Waals surface area contributed by atoms with E-state index in [9.17, 15) is 18.9 Å². The molecule has 2 unspecified atom stereocenters. The highest BCUT2D eigenvalue weighted by molar-refractivity contribution is 7.84. The maximum Gasteiger partial charge on any atom is 0.339 e. The number of phenols is 1. The Kier molecular flexibility index (Phi) is 5.51. The van der Waals surface area contributed by atoms with Crippen LogP contribution in [0.25, 0.3) is 0 Å². The molecule has 0 aromatic heterocycles. The Morgan fingerprint density at radius 1 is 1.40 bits per heavy atom. The predicted molar refractivity (Wildman–Crippen MR) is 75.6 cm³/mol. The van der Waals surface area contributed by atoms with Crippen LogP contribution in [0.3, 0.4) is 0 Å². The van der Waals surface area contributed by atoms with E-state index in [2.05, 4.69) is 10.6 Å². The summed E-state index contributed by atoms with van der Waals surface area (Å²) in [7, 11) is -1.06. The number of carbonyl (C=O) groups is 2. The van der Waals surface area contributed by atoms with E-state index in [1.165, 1.54) is 24.5 Å². The molecule has 1 aromatic carbocycles. The molecule has 1 aromatic rings. The molecule has 0 spiro atoms. The van der Waals surface area contributed by atoms with E-state index in [1.807, 2.05) is 0 Å². The van der Waals surface area contributed by atoms with Gasteiger partial charge in [-0.3, -0.25) is 4.21 Å². The number of carboxylic acids is 1. The summed E-state index contributed by atoms with van der Waals surface area (Å²) >= 11 is 0. The summed E-state index contributed by atoms with van der Waals surface area (Å²) in [6.07, 6.45) is 1.53. The molecule has 0 saturated heterocycles. The summed E-state index contributed by atoms with van der Waals surface area (Å²) < 4.78 is 11.1. The number of amides is 2. The Balaban J connectivity index is 2.69. The maximum atomic E-state index is 11.6. The molecule has 1 rings (SSSR count). The molecule has 7 nitrogen and oxygen atoms in total. The van der Waals surface area contributed by atoms with Gasteiger partial charge in [-0.05, 0) is 19.1 Å².